The van der Waals surface area contributed by atoms with E-state index in [0.717, 1.165) is 6.61 Å². The van der Waals surface area contributed by atoms with Gasteiger partial charge >= 0.3 is 0 Å². The van der Waals surface area contributed by atoms with E-state index in [-0.39, 0.29) is 5.41 Å². The smallest absolute Gasteiger partial charge is 0.0553 e. The summed E-state index contributed by atoms with van der Waals surface area (Å²) < 4.78 is 5.28. The standard InChI is InChI=1S/C17H20O/c1-17(2,13-18-3)16-11-9-15(10-12-16)14-7-5-4-6-8-14/h4-12H,13H2,1-3H3. The van der Waals surface area contributed by atoms with Crippen molar-refractivity contribution in [3.05, 3.63) is 60.2 Å². The molecule has 0 fully saturated rings. The van der Waals surface area contributed by atoms with E-state index in [1.807, 2.05) is 6.07 Å². The highest BCUT2D eigenvalue weighted by Crippen LogP contribution is 2.26. The van der Waals surface area contributed by atoms with Crippen molar-refractivity contribution in [2.24, 2.45) is 0 Å². The highest BCUT2D eigenvalue weighted by molar-refractivity contribution is 5.63. The molecule has 18 heavy (non-hydrogen) atoms. The van der Waals surface area contributed by atoms with Crippen LogP contribution < -0.4 is 0 Å². The Balaban J connectivity index is 2.26. The van der Waals surface area contributed by atoms with Crippen molar-refractivity contribution in [2.45, 2.75) is 19.3 Å². The van der Waals surface area contributed by atoms with Crippen LogP contribution in [0.4, 0.5) is 0 Å². The summed E-state index contributed by atoms with van der Waals surface area (Å²) in [6, 6.07) is 19.2. The third-order valence-corrected chi connectivity index (χ3v) is 3.28. The van der Waals surface area contributed by atoms with Crippen LogP contribution in [0.1, 0.15) is 19.4 Å². The number of hydrogen-bond donors (Lipinski definition) is 0. The lowest BCUT2D eigenvalue weighted by molar-refractivity contribution is 0.146. The Morgan fingerprint density at radius 1 is 0.833 bits per heavy atom. The molecule has 0 spiro atoms. The SMILES string of the molecule is COCC(C)(C)c1ccc(-c2ccccc2)cc1. The third kappa shape index (κ3) is 2.80. The summed E-state index contributed by atoms with van der Waals surface area (Å²) in [6.45, 7) is 5.14. The zero-order valence-electron chi connectivity index (χ0n) is 11.3. The van der Waals surface area contributed by atoms with E-state index in [2.05, 4.69) is 62.4 Å². The minimum absolute atomic E-state index is 0.0595. The average molecular weight is 240 g/mol. The van der Waals surface area contributed by atoms with Crippen molar-refractivity contribution < 1.29 is 4.74 Å². The zero-order valence-corrected chi connectivity index (χ0v) is 11.3. The zero-order chi connectivity index (χ0) is 13.0. The molecule has 0 atom stereocenters. The average Bonchev–Trinajstić information content (AvgIpc) is 2.40. The predicted octanol–water partition coefficient (Wildman–Crippen LogP) is 4.28. The maximum atomic E-state index is 5.28. The lowest BCUT2D eigenvalue weighted by atomic mass is 9.85. The molecular formula is C17H20O. The summed E-state index contributed by atoms with van der Waals surface area (Å²) in [5.41, 5.74) is 3.88. The lowest BCUT2D eigenvalue weighted by Gasteiger charge is -2.24. The molecule has 0 aromatic heterocycles. The summed E-state index contributed by atoms with van der Waals surface area (Å²) in [5.74, 6) is 0. The van der Waals surface area contributed by atoms with Gasteiger partial charge in [0.15, 0.2) is 0 Å². The molecule has 0 aliphatic heterocycles. The number of benzene rings is 2. The number of methoxy groups -OCH3 is 1. The predicted molar refractivity (Wildman–Crippen MR) is 76.8 cm³/mol. The monoisotopic (exact) mass is 240 g/mol. The molecular weight excluding hydrogens is 220 g/mol. The second-order valence-corrected chi connectivity index (χ2v) is 5.26. The fraction of sp³-hybridized carbons (Fsp3) is 0.294. The van der Waals surface area contributed by atoms with Gasteiger partial charge in [-0.15, -0.1) is 0 Å². The van der Waals surface area contributed by atoms with Gasteiger partial charge < -0.3 is 4.74 Å². The van der Waals surface area contributed by atoms with Gasteiger partial charge in [-0.3, -0.25) is 0 Å². The summed E-state index contributed by atoms with van der Waals surface area (Å²) in [5, 5.41) is 0. The molecule has 2 aromatic rings. The van der Waals surface area contributed by atoms with Crippen molar-refractivity contribution in [1.29, 1.82) is 0 Å². The van der Waals surface area contributed by atoms with Gasteiger partial charge in [-0.2, -0.15) is 0 Å². The first-order valence-corrected chi connectivity index (χ1v) is 6.28. The Kier molecular flexibility index (Phi) is 3.83. The van der Waals surface area contributed by atoms with Crippen molar-refractivity contribution in [2.75, 3.05) is 13.7 Å². The number of hydrogen-bond acceptors (Lipinski definition) is 1. The van der Waals surface area contributed by atoms with E-state index in [9.17, 15) is 0 Å². The highest BCUT2D eigenvalue weighted by Gasteiger charge is 2.19. The first-order valence-electron chi connectivity index (χ1n) is 6.28. The Labute approximate surface area is 109 Å². The van der Waals surface area contributed by atoms with Crippen LogP contribution in [0.2, 0.25) is 0 Å². The summed E-state index contributed by atoms with van der Waals surface area (Å²) in [7, 11) is 1.75. The van der Waals surface area contributed by atoms with E-state index < -0.39 is 0 Å². The van der Waals surface area contributed by atoms with Gasteiger partial charge in [0.2, 0.25) is 0 Å². The van der Waals surface area contributed by atoms with Crippen LogP contribution in [-0.4, -0.2) is 13.7 Å². The molecule has 0 saturated carbocycles. The molecule has 0 amide bonds. The normalized spacial score (nSPS) is 11.5. The van der Waals surface area contributed by atoms with Crippen LogP contribution in [0.25, 0.3) is 11.1 Å². The molecule has 0 unspecified atom stereocenters. The summed E-state index contributed by atoms with van der Waals surface area (Å²) in [6.07, 6.45) is 0. The second kappa shape index (κ2) is 5.36. The Morgan fingerprint density at radius 2 is 1.39 bits per heavy atom. The van der Waals surface area contributed by atoms with Gasteiger partial charge in [-0.1, -0.05) is 68.4 Å². The van der Waals surface area contributed by atoms with E-state index >= 15 is 0 Å². The van der Waals surface area contributed by atoms with Crippen LogP contribution in [0.15, 0.2) is 54.6 Å². The maximum absolute atomic E-state index is 5.28. The third-order valence-electron chi connectivity index (χ3n) is 3.28. The number of rotatable bonds is 4. The lowest BCUT2D eigenvalue weighted by Crippen LogP contribution is -2.23. The fourth-order valence-corrected chi connectivity index (χ4v) is 2.19. The first-order chi connectivity index (χ1) is 8.63. The fourth-order valence-electron chi connectivity index (χ4n) is 2.19. The molecule has 1 heteroatoms. The van der Waals surface area contributed by atoms with Crippen molar-refractivity contribution in [3.8, 4) is 11.1 Å². The molecule has 0 bridgehead atoms. The minimum atomic E-state index is 0.0595. The van der Waals surface area contributed by atoms with Crippen molar-refractivity contribution in [3.63, 3.8) is 0 Å². The quantitative estimate of drug-likeness (QED) is 0.775. The van der Waals surface area contributed by atoms with Gasteiger partial charge in [0.25, 0.3) is 0 Å². The van der Waals surface area contributed by atoms with Gasteiger partial charge in [0.1, 0.15) is 0 Å². The Hall–Kier alpha value is -1.60. The minimum Gasteiger partial charge on any atom is -0.384 e. The van der Waals surface area contributed by atoms with E-state index in [1.165, 1.54) is 16.7 Å². The topological polar surface area (TPSA) is 9.23 Å². The maximum Gasteiger partial charge on any atom is 0.0553 e. The molecule has 2 rings (SSSR count). The Bertz CT molecular complexity index is 483. The van der Waals surface area contributed by atoms with Crippen LogP contribution in [0, 0.1) is 0 Å². The van der Waals surface area contributed by atoms with Crippen LogP contribution >= 0.6 is 0 Å². The summed E-state index contributed by atoms with van der Waals surface area (Å²) in [4.78, 5) is 0. The van der Waals surface area contributed by atoms with Gasteiger partial charge in [0, 0.05) is 12.5 Å². The van der Waals surface area contributed by atoms with Crippen LogP contribution in [-0.2, 0) is 10.2 Å². The van der Waals surface area contributed by atoms with Gasteiger partial charge in [-0.25, -0.2) is 0 Å². The molecule has 0 aliphatic carbocycles. The molecule has 94 valence electrons. The summed E-state index contributed by atoms with van der Waals surface area (Å²) >= 11 is 0. The van der Waals surface area contributed by atoms with Crippen molar-refractivity contribution >= 4 is 0 Å². The second-order valence-electron chi connectivity index (χ2n) is 5.26. The molecule has 0 heterocycles. The van der Waals surface area contributed by atoms with E-state index in [4.69, 9.17) is 4.74 Å². The largest absolute Gasteiger partial charge is 0.384 e. The molecule has 0 saturated heterocycles. The molecule has 2 aromatic carbocycles. The van der Waals surface area contributed by atoms with E-state index in [0.29, 0.717) is 0 Å². The van der Waals surface area contributed by atoms with Crippen LogP contribution in [0.5, 0.6) is 0 Å². The molecule has 1 nitrogen and oxygen atoms in total. The van der Waals surface area contributed by atoms with Gasteiger partial charge in [-0.05, 0) is 16.7 Å². The Morgan fingerprint density at radius 3 is 1.94 bits per heavy atom. The van der Waals surface area contributed by atoms with Gasteiger partial charge in [0.05, 0.1) is 6.61 Å². The first kappa shape index (κ1) is 12.8. The van der Waals surface area contributed by atoms with Crippen LogP contribution in [0.3, 0.4) is 0 Å². The highest BCUT2D eigenvalue weighted by atomic mass is 16.5. The molecule has 0 aliphatic rings. The van der Waals surface area contributed by atoms with E-state index in [1.54, 1.807) is 7.11 Å². The molecule has 0 N–H and O–H groups in total. The van der Waals surface area contributed by atoms with Crippen molar-refractivity contribution in [1.82, 2.24) is 0 Å². The molecule has 0 radical (unpaired) electrons. The number of ether oxygens (including phenoxy) is 1.